The topological polar surface area (TPSA) is 34.0 Å². The molecule has 1 N–H and O–H groups in total. The Labute approximate surface area is 199 Å². The van der Waals surface area contributed by atoms with E-state index in [0.29, 0.717) is 18.7 Å². The summed E-state index contributed by atoms with van der Waals surface area (Å²) in [6, 6.07) is 21.5. The predicted octanol–water partition coefficient (Wildman–Crippen LogP) is 6.80. The van der Waals surface area contributed by atoms with E-state index in [9.17, 15) is 13.6 Å². The molecule has 1 heterocycles. The number of aromatic nitrogens is 1. The molecular weight excluding hydrogens is 430 g/mol. The Hall–Kier alpha value is -3.47. The van der Waals surface area contributed by atoms with Crippen LogP contribution < -0.4 is 5.32 Å². The van der Waals surface area contributed by atoms with E-state index in [4.69, 9.17) is 0 Å². The number of nitrogens with zero attached hydrogens (tertiary/aromatic N) is 1. The van der Waals surface area contributed by atoms with Gasteiger partial charge in [0.05, 0.1) is 5.69 Å². The Balaban J connectivity index is 1.61. The number of alkyl halides is 2. The van der Waals surface area contributed by atoms with Crippen molar-refractivity contribution in [2.45, 2.75) is 53.1 Å². The summed E-state index contributed by atoms with van der Waals surface area (Å²) in [5, 5.41) is 3.72. The number of benzene rings is 3. The van der Waals surface area contributed by atoms with E-state index in [1.54, 1.807) is 4.57 Å². The van der Waals surface area contributed by atoms with E-state index in [0.717, 1.165) is 38.7 Å². The highest BCUT2D eigenvalue weighted by Crippen LogP contribution is 2.35. The van der Waals surface area contributed by atoms with Gasteiger partial charge in [-0.05, 0) is 61.1 Å². The van der Waals surface area contributed by atoms with Crippen LogP contribution in [0.2, 0.25) is 0 Å². The Morgan fingerprint density at radius 3 is 2.38 bits per heavy atom. The molecule has 3 aromatic carbocycles. The van der Waals surface area contributed by atoms with Crippen LogP contribution in [0.15, 0.2) is 66.7 Å². The van der Waals surface area contributed by atoms with Crippen LogP contribution in [0.1, 0.15) is 51.9 Å². The molecule has 0 aliphatic heterocycles. The van der Waals surface area contributed by atoms with Crippen LogP contribution in [0.5, 0.6) is 0 Å². The van der Waals surface area contributed by atoms with Crippen LogP contribution >= 0.6 is 0 Å². The molecule has 34 heavy (non-hydrogen) atoms. The molecular formula is C29H30F2N2O. The third-order valence-corrected chi connectivity index (χ3v) is 6.50. The molecule has 0 bridgehead atoms. The van der Waals surface area contributed by atoms with Gasteiger partial charge in [-0.1, -0.05) is 66.2 Å². The van der Waals surface area contributed by atoms with Gasteiger partial charge in [-0.15, -0.1) is 0 Å². The van der Waals surface area contributed by atoms with Crippen LogP contribution in [0.4, 0.5) is 8.78 Å². The van der Waals surface area contributed by atoms with Gasteiger partial charge in [-0.25, -0.2) is 8.78 Å². The number of amides is 1. The van der Waals surface area contributed by atoms with Crippen LogP contribution in [0.25, 0.3) is 10.9 Å². The minimum atomic E-state index is -2.64. The number of carbonyl (C=O) groups is 1. The average Bonchev–Trinajstić information content (AvgIpc) is 3.13. The summed E-state index contributed by atoms with van der Waals surface area (Å²) in [7, 11) is 0. The lowest BCUT2D eigenvalue weighted by Crippen LogP contribution is -2.23. The molecule has 4 rings (SSSR count). The number of hydrogen-bond acceptors (Lipinski definition) is 1. The van der Waals surface area contributed by atoms with Gasteiger partial charge in [0.25, 0.3) is 6.43 Å². The van der Waals surface area contributed by atoms with E-state index < -0.39 is 6.43 Å². The molecule has 5 heteroatoms. The number of halogens is 2. The molecule has 1 aromatic heterocycles. The lowest BCUT2D eigenvalue weighted by molar-refractivity contribution is -0.121. The van der Waals surface area contributed by atoms with Crippen LogP contribution in [-0.2, 0) is 24.3 Å². The number of aryl methyl sites for hydroxylation is 4. The summed E-state index contributed by atoms with van der Waals surface area (Å²) in [4.78, 5) is 12.6. The fraction of sp³-hybridized carbons (Fsp3) is 0.276. The smallest absolute Gasteiger partial charge is 0.278 e. The second-order valence-electron chi connectivity index (χ2n) is 8.90. The van der Waals surface area contributed by atoms with Crippen molar-refractivity contribution in [3.05, 3.63) is 106 Å². The van der Waals surface area contributed by atoms with Gasteiger partial charge in [0, 0.05) is 30.4 Å². The number of carbonyl (C=O) groups excluding carboxylic acids is 1. The van der Waals surface area contributed by atoms with Crippen LogP contribution in [-0.4, -0.2) is 10.5 Å². The summed E-state index contributed by atoms with van der Waals surface area (Å²) in [6.07, 6.45) is -2.22. The summed E-state index contributed by atoms with van der Waals surface area (Å²) in [5.41, 5.74) is 6.68. The second kappa shape index (κ2) is 10.2. The predicted molar refractivity (Wildman–Crippen MR) is 133 cm³/mol. The zero-order chi connectivity index (χ0) is 24.2. The molecule has 0 atom stereocenters. The number of rotatable bonds is 8. The lowest BCUT2D eigenvalue weighted by atomic mass is 10.0. The van der Waals surface area contributed by atoms with Crippen molar-refractivity contribution in [3.63, 3.8) is 0 Å². The Morgan fingerprint density at radius 1 is 0.912 bits per heavy atom. The maximum atomic E-state index is 14.4. The summed E-state index contributed by atoms with van der Waals surface area (Å²) in [6.45, 7) is 6.81. The van der Waals surface area contributed by atoms with Gasteiger partial charge in [0.2, 0.25) is 5.91 Å². The zero-order valence-electron chi connectivity index (χ0n) is 19.9. The van der Waals surface area contributed by atoms with Crippen LogP contribution in [0, 0.1) is 20.8 Å². The van der Waals surface area contributed by atoms with Crippen LogP contribution in [0.3, 0.4) is 0 Å². The highest BCUT2D eigenvalue weighted by atomic mass is 19.3. The monoisotopic (exact) mass is 460 g/mol. The van der Waals surface area contributed by atoms with E-state index >= 15 is 0 Å². The summed E-state index contributed by atoms with van der Waals surface area (Å²) >= 11 is 0. The largest absolute Gasteiger partial charge is 0.352 e. The molecule has 0 aliphatic rings. The fourth-order valence-electron chi connectivity index (χ4n) is 4.55. The minimum absolute atomic E-state index is 0.00816. The van der Waals surface area contributed by atoms with Crippen molar-refractivity contribution < 1.29 is 13.6 Å². The van der Waals surface area contributed by atoms with Crippen molar-refractivity contribution in [1.82, 2.24) is 9.88 Å². The van der Waals surface area contributed by atoms with Gasteiger partial charge in [0.15, 0.2) is 0 Å². The Kier molecular flexibility index (Phi) is 7.11. The first-order chi connectivity index (χ1) is 16.3. The molecule has 3 nitrogen and oxygen atoms in total. The second-order valence-corrected chi connectivity index (χ2v) is 8.90. The van der Waals surface area contributed by atoms with E-state index in [-0.39, 0.29) is 24.4 Å². The highest BCUT2D eigenvalue weighted by molar-refractivity contribution is 5.87. The third kappa shape index (κ3) is 5.04. The summed E-state index contributed by atoms with van der Waals surface area (Å²) < 4.78 is 30.6. The normalized spacial score (nSPS) is 11.4. The minimum Gasteiger partial charge on any atom is -0.352 e. The number of para-hydroxylation sites is 1. The Bertz CT molecular complexity index is 1320. The van der Waals surface area contributed by atoms with Crippen molar-refractivity contribution in [2.24, 2.45) is 0 Å². The molecule has 4 aromatic rings. The molecule has 0 saturated carbocycles. The summed E-state index contributed by atoms with van der Waals surface area (Å²) in [5.74, 6) is -0.144. The van der Waals surface area contributed by atoms with E-state index in [2.05, 4.69) is 11.4 Å². The third-order valence-electron chi connectivity index (χ3n) is 6.50. The standard InChI is InChI=1S/C29H30F2N2O/c1-19-12-13-21(3)23(16-19)18-33-26-11-7-6-10-24(26)25(28(33)29(30)31)14-15-27(34)32-17-22-9-5-4-8-20(22)2/h4-13,16,29H,14-15,17-18H2,1-3H3,(H,32,34). The van der Waals surface area contributed by atoms with Gasteiger partial charge in [0.1, 0.15) is 0 Å². The maximum Gasteiger partial charge on any atom is 0.278 e. The molecule has 0 radical (unpaired) electrons. The Morgan fingerprint density at radius 2 is 1.62 bits per heavy atom. The van der Waals surface area contributed by atoms with Gasteiger partial charge >= 0.3 is 0 Å². The molecule has 1 amide bonds. The first-order valence-electron chi connectivity index (χ1n) is 11.6. The fourth-order valence-corrected chi connectivity index (χ4v) is 4.55. The molecule has 0 spiro atoms. The van der Waals surface area contributed by atoms with Crippen molar-refractivity contribution in [3.8, 4) is 0 Å². The average molecular weight is 461 g/mol. The van der Waals surface area contributed by atoms with Crippen molar-refractivity contribution in [1.29, 1.82) is 0 Å². The maximum absolute atomic E-state index is 14.4. The molecule has 0 fully saturated rings. The molecule has 0 aliphatic carbocycles. The van der Waals surface area contributed by atoms with E-state index in [1.165, 1.54) is 0 Å². The van der Waals surface area contributed by atoms with Crippen molar-refractivity contribution >= 4 is 16.8 Å². The first kappa shape index (κ1) is 23.7. The quantitative estimate of drug-likeness (QED) is 0.308. The highest BCUT2D eigenvalue weighted by Gasteiger charge is 2.24. The number of fused-ring (bicyclic) bond motifs is 1. The zero-order valence-corrected chi connectivity index (χ0v) is 19.9. The first-order valence-corrected chi connectivity index (χ1v) is 11.6. The van der Waals surface area contributed by atoms with Gasteiger partial charge in [-0.2, -0.15) is 0 Å². The molecule has 0 unspecified atom stereocenters. The molecule has 0 saturated heterocycles. The molecule has 176 valence electrons. The number of nitrogens with one attached hydrogen (secondary N) is 1. The SMILES string of the molecule is Cc1ccc(C)c(Cn2c(C(F)F)c(CCC(=O)NCc3ccccc3C)c3ccccc32)c1. The van der Waals surface area contributed by atoms with Gasteiger partial charge < -0.3 is 9.88 Å². The van der Waals surface area contributed by atoms with Crippen molar-refractivity contribution in [2.75, 3.05) is 0 Å². The van der Waals surface area contributed by atoms with E-state index in [1.807, 2.05) is 81.4 Å². The van der Waals surface area contributed by atoms with Gasteiger partial charge in [-0.3, -0.25) is 4.79 Å². The number of hydrogen-bond donors (Lipinski definition) is 1. The lowest BCUT2D eigenvalue weighted by Gasteiger charge is -2.14.